The Morgan fingerprint density at radius 2 is 1.90 bits per heavy atom. The molecule has 4 heterocycles. The van der Waals surface area contributed by atoms with Gasteiger partial charge < -0.3 is 29.3 Å². The highest BCUT2D eigenvalue weighted by molar-refractivity contribution is 5.97. The van der Waals surface area contributed by atoms with Crippen LogP contribution < -0.4 is 9.80 Å². The molecule has 3 aliphatic rings. The molecule has 4 atom stereocenters. The summed E-state index contributed by atoms with van der Waals surface area (Å²) in [7, 11) is 2.17. The van der Waals surface area contributed by atoms with Crippen molar-refractivity contribution in [3.8, 4) is 0 Å². The normalized spacial score (nSPS) is 25.1. The van der Waals surface area contributed by atoms with E-state index in [1.807, 2.05) is 30.9 Å². The first-order valence-electron chi connectivity index (χ1n) is 14.7. The number of hydrogen-bond acceptors (Lipinski definition) is 7. The monoisotopic (exact) mass is 536 g/mol. The van der Waals surface area contributed by atoms with E-state index in [9.17, 15) is 9.90 Å². The van der Waals surface area contributed by atoms with Crippen molar-refractivity contribution >= 4 is 17.3 Å². The van der Waals surface area contributed by atoms with Gasteiger partial charge in [0.15, 0.2) is 6.29 Å². The maximum atomic E-state index is 13.5. The molecule has 0 saturated carbocycles. The van der Waals surface area contributed by atoms with Gasteiger partial charge in [0.25, 0.3) is 0 Å². The topological polar surface area (TPSA) is 78.4 Å². The Bertz CT molecular complexity index is 1100. The average Bonchev–Trinajstić information content (AvgIpc) is 3.33. The number of carbonyl (C=O) groups excluding carboxylic acids is 1. The van der Waals surface area contributed by atoms with Gasteiger partial charge in [-0.25, -0.2) is 0 Å². The van der Waals surface area contributed by atoms with Crippen LogP contribution in [0.25, 0.3) is 0 Å². The summed E-state index contributed by atoms with van der Waals surface area (Å²) in [6, 6.07) is 12.3. The van der Waals surface area contributed by atoms with Gasteiger partial charge in [-0.2, -0.15) is 0 Å². The van der Waals surface area contributed by atoms with Crippen molar-refractivity contribution in [1.82, 2.24) is 9.88 Å². The van der Waals surface area contributed by atoms with E-state index in [0.717, 1.165) is 64.0 Å². The number of aromatic nitrogens is 1. The largest absolute Gasteiger partial charge is 0.381 e. The second-order valence-corrected chi connectivity index (χ2v) is 11.4. The summed E-state index contributed by atoms with van der Waals surface area (Å²) in [6.45, 7) is 9.32. The molecule has 39 heavy (non-hydrogen) atoms. The van der Waals surface area contributed by atoms with Crippen LogP contribution >= 0.6 is 0 Å². The van der Waals surface area contributed by atoms with Gasteiger partial charge in [0, 0.05) is 50.9 Å². The zero-order chi connectivity index (χ0) is 27.4. The van der Waals surface area contributed by atoms with E-state index < -0.39 is 11.7 Å². The lowest BCUT2D eigenvalue weighted by Crippen LogP contribution is -2.44. The summed E-state index contributed by atoms with van der Waals surface area (Å²) >= 11 is 0. The Kier molecular flexibility index (Phi) is 8.86. The molecule has 1 aromatic heterocycles. The van der Waals surface area contributed by atoms with Crippen LogP contribution in [0.3, 0.4) is 0 Å². The molecule has 1 N–H and O–H groups in total. The van der Waals surface area contributed by atoms with E-state index in [2.05, 4.69) is 46.1 Å². The Balaban J connectivity index is 1.24. The van der Waals surface area contributed by atoms with Crippen LogP contribution in [0, 0.1) is 5.92 Å². The standard InChI is InChI=1S/C31H44N4O4/c1-4-31(37,23(2)39-29-11-7-8-20-38-29)28-13-12-26(22-32-28)35-15-14-25(30(35)36)21-24-9-5-6-10-27(24)34-18-16-33(3)17-19-34/h5-6,9-10,12-13,22-23,25,29,37H,4,7-8,11,14-21H2,1-3H3/t23-,25?,29+,31?/m0/s1. The number of piperazine rings is 1. The molecule has 2 aromatic rings. The van der Waals surface area contributed by atoms with Gasteiger partial charge in [-0.15, -0.1) is 0 Å². The Morgan fingerprint density at radius 3 is 2.59 bits per heavy atom. The molecule has 8 nitrogen and oxygen atoms in total. The van der Waals surface area contributed by atoms with E-state index in [1.165, 1.54) is 11.3 Å². The summed E-state index contributed by atoms with van der Waals surface area (Å²) in [6.07, 6.45) is 5.96. The molecule has 8 heteroatoms. The average molecular weight is 537 g/mol. The number of hydrogen-bond donors (Lipinski definition) is 1. The highest BCUT2D eigenvalue weighted by Gasteiger charge is 2.39. The lowest BCUT2D eigenvalue weighted by atomic mass is 9.90. The van der Waals surface area contributed by atoms with Crippen molar-refractivity contribution in [1.29, 1.82) is 0 Å². The van der Waals surface area contributed by atoms with E-state index in [4.69, 9.17) is 9.47 Å². The van der Waals surface area contributed by atoms with Crippen LogP contribution in [0.4, 0.5) is 11.4 Å². The fourth-order valence-electron chi connectivity index (χ4n) is 6.13. The summed E-state index contributed by atoms with van der Waals surface area (Å²) in [4.78, 5) is 24.8. The third-order valence-corrected chi connectivity index (χ3v) is 8.83. The van der Waals surface area contributed by atoms with Crippen molar-refractivity contribution in [3.63, 3.8) is 0 Å². The predicted molar refractivity (Wildman–Crippen MR) is 153 cm³/mol. The fourth-order valence-corrected chi connectivity index (χ4v) is 6.13. The number of nitrogens with zero attached hydrogens (tertiary/aromatic N) is 4. The van der Waals surface area contributed by atoms with Gasteiger partial charge in [-0.3, -0.25) is 9.78 Å². The molecule has 1 aromatic carbocycles. The first-order chi connectivity index (χ1) is 18.9. The molecule has 3 fully saturated rings. The zero-order valence-electron chi connectivity index (χ0n) is 23.7. The molecule has 2 unspecified atom stereocenters. The lowest BCUT2D eigenvalue weighted by molar-refractivity contribution is -0.227. The number of ether oxygens (including phenoxy) is 2. The van der Waals surface area contributed by atoms with E-state index in [1.54, 1.807) is 6.20 Å². The first kappa shape index (κ1) is 28.0. The van der Waals surface area contributed by atoms with Gasteiger partial charge in [-0.05, 0) is 76.3 Å². The number of likely N-dealkylation sites (N-methyl/N-ethyl adjacent to an activating group) is 1. The highest BCUT2D eigenvalue weighted by atomic mass is 16.7. The Hall–Kier alpha value is -2.52. The number of aliphatic hydroxyl groups is 1. The summed E-state index contributed by atoms with van der Waals surface area (Å²) in [5.74, 6) is 0.101. The van der Waals surface area contributed by atoms with E-state index in [0.29, 0.717) is 25.3 Å². The third kappa shape index (κ3) is 6.14. The molecule has 3 aliphatic heterocycles. The van der Waals surface area contributed by atoms with Gasteiger partial charge in [0.05, 0.1) is 23.7 Å². The molecule has 0 bridgehead atoms. The van der Waals surface area contributed by atoms with Crippen LogP contribution in [-0.2, 0) is 26.3 Å². The van der Waals surface area contributed by atoms with Crippen LogP contribution in [0.15, 0.2) is 42.6 Å². The maximum Gasteiger partial charge on any atom is 0.230 e. The molecule has 0 spiro atoms. The van der Waals surface area contributed by atoms with E-state index in [-0.39, 0.29) is 18.1 Å². The van der Waals surface area contributed by atoms with Crippen LogP contribution in [0.2, 0.25) is 0 Å². The minimum Gasteiger partial charge on any atom is -0.381 e. The quantitative estimate of drug-likeness (QED) is 0.520. The molecule has 3 saturated heterocycles. The first-order valence-corrected chi connectivity index (χ1v) is 14.7. The van der Waals surface area contributed by atoms with Crippen LogP contribution in [-0.4, -0.2) is 79.7 Å². The molecule has 0 radical (unpaired) electrons. The fraction of sp³-hybridized carbons (Fsp3) is 0.613. The SMILES string of the molecule is CCC(O)(c1ccc(N2CCC(Cc3ccccc3N3CCN(C)CC3)C2=O)cn1)[C@H](C)O[C@@H]1CCCCO1. The van der Waals surface area contributed by atoms with Crippen molar-refractivity contribution in [2.45, 2.75) is 70.4 Å². The summed E-state index contributed by atoms with van der Waals surface area (Å²) in [5, 5.41) is 11.5. The molecule has 0 aliphatic carbocycles. The third-order valence-electron chi connectivity index (χ3n) is 8.83. The minimum absolute atomic E-state index is 0.0465. The molecule has 212 valence electrons. The number of anilines is 2. The van der Waals surface area contributed by atoms with Gasteiger partial charge >= 0.3 is 0 Å². The Labute approximate surface area is 232 Å². The van der Waals surface area contributed by atoms with E-state index >= 15 is 0 Å². The van der Waals surface area contributed by atoms with Crippen LogP contribution in [0.5, 0.6) is 0 Å². The number of amides is 1. The van der Waals surface area contributed by atoms with Crippen LogP contribution in [0.1, 0.15) is 57.2 Å². The Morgan fingerprint density at radius 1 is 1.10 bits per heavy atom. The second-order valence-electron chi connectivity index (χ2n) is 11.4. The van der Waals surface area contributed by atoms with Gasteiger partial charge in [0.1, 0.15) is 5.60 Å². The summed E-state index contributed by atoms with van der Waals surface area (Å²) < 4.78 is 11.8. The lowest BCUT2D eigenvalue weighted by Gasteiger charge is -2.36. The maximum absolute atomic E-state index is 13.5. The molecular weight excluding hydrogens is 492 g/mol. The number of pyridine rings is 1. The minimum atomic E-state index is -1.23. The number of carbonyl (C=O) groups is 1. The zero-order valence-corrected chi connectivity index (χ0v) is 23.7. The number of rotatable bonds is 9. The van der Waals surface area contributed by atoms with Crippen molar-refractivity contribution < 1.29 is 19.4 Å². The molecular formula is C31H44N4O4. The molecule has 5 rings (SSSR count). The molecule has 1 amide bonds. The van der Waals surface area contributed by atoms with Gasteiger partial charge in [0.2, 0.25) is 5.91 Å². The van der Waals surface area contributed by atoms with Crippen molar-refractivity contribution in [2.24, 2.45) is 5.92 Å². The summed E-state index contributed by atoms with van der Waals surface area (Å²) in [5.41, 5.74) is 2.61. The smallest absolute Gasteiger partial charge is 0.230 e. The number of benzene rings is 1. The van der Waals surface area contributed by atoms with Crippen molar-refractivity contribution in [2.75, 3.05) is 56.2 Å². The number of para-hydroxylation sites is 1. The predicted octanol–water partition coefficient (Wildman–Crippen LogP) is 3.96. The van der Waals surface area contributed by atoms with Crippen molar-refractivity contribution in [3.05, 3.63) is 53.9 Å². The van der Waals surface area contributed by atoms with Gasteiger partial charge in [-0.1, -0.05) is 25.1 Å². The second kappa shape index (κ2) is 12.3. The highest BCUT2D eigenvalue weighted by Crippen LogP contribution is 2.34.